The van der Waals surface area contributed by atoms with Gasteiger partial charge in [-0.3, -0.25) is 5.32 Å². The molecule has 1 atom stereocenters. The van der Waals surface area contributed by atoms with Crippen LogP contribution in [0.1, 0.15) is 33.3 Å². The van der Waals surface area contributed by atoms with Crippen LogP contribution in [0.15, 0.2) is 18.2 Å². The second-order valence-electron chi connectivity index (χ2n) is 6.52. The van der Waals surface area contributed by atoms with Crippen LogP contribution < -0.4 is 14.8 Å². The standard InChI is InChI=1S/C20H27NO11/c1-6-28-18(25)30-14-9-8-13(10-15(14)31-19(26)29-7-2)11-20(16(22)23,21-12(3)4)32-17(24)27-5/h8-10,12,21H,6-7,11H2,1-5H3,(H,22,23)/t20-/m0/s1. The fourth-order valence-corrected chi connectivity index (χ4v) is 2.54. The highest BCUT2D eigenvalue weighted by Gasteiger charge is 2.44. The first-order chi connectivity index (χ1) is 15.1. The highest BCUT2D eigenvalue weighted by Crippen LogP contribution is 2.31. The Morgan fingerprint density at radius 3 is 2.00 bits per heavy atom. The summed E-state index contributed by atoms with van der Waals surface area (Å²) in [5.41, 5.74) is -1.95. The Bertz CT molecular complexity index is 824. The lowest BCUT2D eigenvalue weighted by atomic mass is 10.0. The van der Waals surface area contributed by atoms with E-state index in [1.165, 1.54) is 18.2 Å². The molecular weight excluding hydrogens is 430 g/mol. The topological polar surface area (TPSA) is 156 Å². The van der Waals surface area contributed by atoms with Gasteiger partial charge in [-0.15, -0.1) is 0 Å². The molecule has 178 valence electrons. The van der Waals surface area contributed by atoms with Gasteiger partial charge >= 0.3 is 24.4 Å². The Kier molecular flexibility index (Phi) is 10.2. The number of carboxylic acid groups (broad SMARTS) is 1. The van der Waals surface area contributed by atoms with Gasteiger partial charge in [0.1, 0.15) is 0 Å². The summed E-state index contributed by atoms with van der Waals surface area (Å²) in [5, 5.41) is 12.5. The lowest BCUT2D eigenvalue weighted by Gasteiger charge is -2.31. The van der Waals surface area contributed by atoms with Crippen LogP contribution in [0.4, 0.5) is 14.4 Å². The summed E-state index contributed by atoms with van der Waals surface area (Å²) < 4.78 is 29.0. The lowest BCUT2D eigenvalue weighted by Crippen LogP contribution is -2.59. The van der Waals surface area contributed by atoms with Gasteiger partial charge in [0.15, 0.2) is 11.5 Å². The second kappa shape index (κ2) is 12.3. The van der Waals surface area contributed by atoms with Crippen molar-refractivity contribution < 1.29 is 52.7 Å². The molecule has 0 spiro atoms. The maximum atomic E-state index is 12.1. The minimum Gasteiger partial charge on any atom is -0.477 e. The number of hydrogen-bond donors (Lipinski definition) is 2. The molecule has 0 radical (unpaired) electrons. The number of hydrogen-bond acceptors (Lipinski definition) is 11. The van der Waals surface area contributed by atoms with Gasteiger partial charge in [-0.2, -0.15) is 0 Å². The molecule has 1 aromatic carbocycles. The van der Waals surface area contributed by atoms with Crippen molar-refractivity contribution in [3.8, 4) is 11.5 Å². The van der Waals surface area contributed by atoms with Crippen LogP contribution in [0.2, 0.25) is 0 Å². The molecule has 0 amide bonds. The minimum absolute atomic E-state index is 0.0278. The number of aliphatic carboxylic acids is 1. The van der Waals surface area contributed by atoms with Crippen molar-refractivity contribution in [3.05, 3.63) is 23.8 Å². The number of rotatable bonds is 10. The molecule has 0 fully saturated rings. The van der Waals surface area contributed by atoms with Gasteiger partial charge in [0.05, 0.1) is 20.3 Å². The second-order valence-corrected chi connectivity index (χ2v) is 6.52. The van der Waals surface area contributed by atoms with E-state index >= 15 is 0 Å². The zero-order chi connectivity index (χ0) is 24.3. The van der Waals surface area contributed by atoms with Crippen LogP contribution >= 0.6 is 0 Å². The number of carboxylic acids is 1. The SMILES string of the molecule is CCOC(=O)Oc1ccc(C[C@](NC(C)C)(OC(=O)OC)C(=O)O)cc1OC(=O)OCC. The molecule has 12 nitrogen and oxygen atoms in total. The fraction of sp³-hybridized carbons (Fsp3) is 0.500. The number of methoxy groups -OCH3 is 1. The number of carbonyl (C=O) groups is 4. The van der Waals surface area contributed by atoms with E-state index in [0.717, 1.165) is 7.11 Å². The van der Waals surface area contributed by atoms with E-state index in [2.05, 4.69) is 10.1 Å². The van der Waals surface area contributed by atoms with Crippen LogP contribution in [0.5, 0.6) is 11.5 Å². The first-order valence-electron chi connectivity index (χ1n) is 9.67. The van der Waals surface area contributed by atoms with E-state index in [9.17, 15) is 24.3 Å². The van der Waals surface area contributed by atoms with Crippen molar-refractivity contribution in [2.75, 3.05) is 20.3 Å². The molecule has 0 aliphatic carbocycles. The van der Waals surface area contributed by atoms with E-state index in [-0.39, 0.29) is 30.3 Å². The number of nitrogens with one attached hydrogen (secondary N) is 1. The van der Waals surface area contributed by atoms with E-state index < -0.39 is 42.6 Å². The fourth-order valence-electron chi connectivity index (χ4n) is 2.54. The molecule has 32 heavy (non-hydrogen) atoms. The molecule has 0 heterocycles. The van der Waals surface area contributed by atoms with Gasteiger partial charge in [0.25, 0.3) is 5.72 Å². The van der Waals surface area contributed by atoms with Crippen LogP contribution in [-0.2, 0) is 30.2 Å². The van der Waals surface area contributed by atoms with Crippen LogP contribution in [0, 0.1) is 0 Å². The van der Waals surface area contributed by atoms with Gasteiger partial charge in [-0.25, -0.2) is 19.2 Å². The predicted molar refractivity (Wildman–Crippen MR) is 108 cm³/mol. The normalized spacial score (nSPS) is 12.3. The third-order valence-electron chi connectivity index (χ3n) is 3.66. The Labute approximate surface area is 184 Å². The van der Waals surface area contributed by atoms with Crippen molar-refractivity contribution in [1.29, 1.82) is 0 Å². The van der Waals surface area contributed by atoms with Crippen molar-refractivity contribution in [2.45, 2.75) is 45.9 Å². The molecule has 2 N–H and O–H groups in total. The zero-order valence-corrected chi connectivity index (χ0v) is 18.5. The number of carbonyl (C=O) groups excluding carboxylic acids is 3. The number of ether oxygens (including phenoxy) is 6. The Morgan fingerprint density at radius 2 is 1.53 bits per heavy atom. The Morgan fingerprint density at radius 1 is 0.969 bits per heavy atom. The molecule has 0 unspecified atom stereocenters. The average molecular weight is 457 g/mol. The van der Waals surface area contributed by atoms with Gasteiger partial charge in [0.2, 0.25) is 0 Å². The third-order valence-corrected chi connectivity index (χ3v) is 3.66. The first kappa shape index (κ1) is 26.5. The highest BCUT2D eigenvalue weighted by molar-refractivity contribution is 5.80. The molecule has 0 saturated heterocycles. The summed E-state index contributed by atoms with van der Waals surface area (Å²) in [4.78, 5) is 47.3. The van der Waals surface area contributed by atoms with Crippen LogP contribution in [0.25, 0.3) is 0 Å². The molecule has 0 aliphatic heterocycles. The highest BCUT2D eigenvalue weighted by atomic mass is 16.8. The molecule has 0 saturated carbocycles. The number of benzene rings is 1. The molecule has 0 aromatic heterocycles. The largest absolute Gasteiger partial charge is 0.513 e. The summed E-state index contributed by atoms with van der Waals surface area (Å²) in [6, 6.07) is 3.50. The Hall–Kier alpha value is -3.54. The first-order valence-corrected chi connectivity index (χ1v) is 9.67. The van der Waals surface area contributed by atoms with Crippen molar-refractivity contribution in [1.82, 2.24) is 5.32 Å². The van der Waals surface area contributed by atoms with Crippen molar-refractivity contribution in [3.63, 3.8) is 0 Å². The van der Waals surface area contributed by atoms with E-state index in [1.54, 1.807) is 27.7 Å². The van der Waals surface area contributed by atoms with E-state index in [4.69, 9.17) is 23.7 Å². The zero-order valence-electron chi connectivity index (χ0n) is 18.5. The Balaban J connectivity index is 3.37. The molecule has 12 heteroatoms. The average Bonchev–Trinajstić information content (AvgIpc) is 2.69. The smallest absolute Gasteiger partial charge is 0.477 e. The molecule has 1 aromatic rings. The molecular formula is C20H27NO11. The van der Waals surface area contributed by atoms with Crippen molar-refractivity contribution in [2.24, 2.45) is 0 Å². The van der Waals surface area contributed by atoms with Gasteiger partial charge in [0, 0.05) is 12.5 Å². The maximum Gasteiger partial charge on any atom is 0.513 e. The predicted octanol–water partition coefficient (Wildman–Crippen LogP) is 2.86. The third kappa shape index (κ3) is 7.95. The van der Waals surface area contributed by atoms with Gasteiger partial charge in [-0.05, 0) is 45.4 Å². The van der Waals surface area contributed by atoms with Gasteiger partial charge in [-0.1, -0.05) is 6.07 Å². The monoisotopic (exact) mass is 457 g/mol. The quantitative estimate of drug-likeness (QED) is 0.229. The van der Waals surface area contributed by atoms with E-state index in [1.807, 2.05) is 0 Å². The lowest BCUT2D eigenvalue weighted by molar-refractivity contribution is -0.166. The maximum absolute atomic E-state index is 12.1. The molecule has 0 aliphatic rings. The summed E-state index contributed by atoms with van der Waals surface area (Å²) in [7, 11) is 1.04. The summed E-state index contributed by atoms with van der Waals surface area (Å²) in [6.45, 7) is 6.54. The summed E-state index contributed by atoms with van der Waals surface area (Å²) in [5.74, 6) is -1.90. The minimum atomic E-state index is -2.20. The van der Waals surface area contributed by atoms with Crippen LogP contribution in [-0.4, -0.2) is 61.6 Å². The van der Waals surface area contributed by atoms with E-state index in [0.29, 0.717) is 0 Å². The van der Waals surface area contributed by atoms with Crippen molar-refractivity contribution >= 4 is 24.4 Å². The van der Waals surface area contributed by atoms with Crippen LogP contribution in [0.3, 0.4) is 0 Å². The van der Waals surface area contributed by atoms with Gasteiger partial charge < -0.3 is 33.5 Å². The molecule has 1 rings (SSSR count). The molecule has 0 bridgehead atoms. The summed E-state index contributed by atoms with van der Waals surface area (Å²) in [6.07, 6.45) is -3.72. The summed E-state index contributed by atoms with van der Waals surface area (Å²) >= 11 is 0.